The fourth-order valence-corrected chi connectivity index (χ4v) is 3.67. The molecule has 0 spiro atoms. The Kier molecular flexibility index (Phi) is 13.5. The molecular formula is C30H46N2O8. The van der Waals surface area contributed by atoms with Crippen LogP contribution in [0.1, 0.15) is 92.7 Å². The topological polar surface area (TPSA) is 137 Å². The summed E-state index contributed by atoms with van der Waals surface area (Å²) in [6, 6.07) is 7.63. The SMILES string of the molecule is CCC(C)(C)NCc1cccc(CNC(=O)C(OC(C)=O)C(OC(C)=O)C(CC(=O)C(C)(C)CC)OC(C)=O)c1. The Balaban J connectivity index is 3.24. The van der Waals surface area contributed by atoms with Crippen LogP contribution >= 0.6 is 0 Å². The highest BCUT2D eigenvalue weighted by atomic mass is 16.6. The zero-order valence-electron chi connectivity index (χ0n) is 25.3. The van der Waals surface area contributed by atoms with E-state index in [1.165, 1.54) is 0 Å². The van der Waals surface area contributed by atoms with Crippen LogP contribution in [0.2, 0.25) is 0 Å². The molecule has 0 heterocycles. The lowest BCUT2D eigenvalue weighted by molar-refractivity contribution is -0.187. The molecule has 0 aliphatic rings. The Labute approximate surface area is 237 Å². The monoisotopic (exact) mass is 562 g/mol. The minimum absolute atomic E-state index is 0.0284. The number of esters is 3. The van der Waals surface area contributed by atoms with Crippen molar-refractivity contribution in [1.29, 1.82) is 0 Å². The van der Waals surface area contributed by atoms with E-state index < -0.39 is 47.5 Å². The lowest BCUT2D eigenvalue weighted by Crippen LogP contribution is -2.53. The molecule has 3 atom stereocenters. The van der Waals surface area contributed by atoms with Crippen LogP contribution in [0.4, 0.5) is 0 Å². The summed E-state index contributed by atoms with van der Waals surface area (Å²) in [5.74, 6) is -3.40. The van der Waals surface area contributed by atoms with E-state index in [-0.39, 0.29) is 24.3 Å². The van der Waals surface area contributed by atoms with E-state index >= 15 is 0 Å². The summed E-state index contributed by atoms with van der Waals surface area (Å²) in [4.78, 5) is 62.4. The van der Waals surface area contributed by atoms with E-state index in [0.717, 1.165) is 38.3 Å². The van der Waals surface area contributed by atoms with Crippen molar-refractivity contribution >= 4 is 29.6 Å². The molecule has 3 unspecified atom stereocenters. The van der Waals surface area contributed by atoms with Crippen molar-refractivity contribution in [1.82, 2.24) is 10.6 Å². The molecule has 0 bridgehead atoms. The van der Waals surface area contributed by atoms with Crippen LogP contribution < -0.4 is 10.6 Å². The maximum atomic E-state index is 13.4. The molecule has 0 aromatic heterocycles. The highest BCUT2D eigenvalue weighted by molar-refractivity contribution is 5.86. The smallest absolute Gasteiger partial charge is 0.303 e. The molecule has 10 nitrogen and oxygen atoms in total. The van der Waals surface area contributed by atoms with Gasteiger partial charge in [0.1, 0.15) is 11.9 Å². The average Bonchev–Trinajstić information content (AvgIpc) is 2.87. The van der Waals surface area contributed by atoms with Crippen molar-refractivity contribution in [2.24, 2.45) is 5.41 Å². The molecule has 0 fully saturated rings. The second-order valence-electron chi connectivity index (χ2n) is 11.2. The van der Waals surface area contributed by atoms with E-state index in [9.17, 15) is 24.0 Å². The first-order valence-corrected chi connectivity index (χ1v) is 13.7. The summed E-state index contributed by atoms with van der Waals surface area (Å²) in [5, 5.41) is 6.20. The quantitative estimate of drug-likeness (QED) is 0.228. The highest BCUT2D eigenvalue weighted by Crippen LogP contribution is 2.27. The van der Waals surface area contributed by atoms with Crippen LogP contribution in [0, 0.1) is 5.41 Å². The van der Waals surface area contributed by atoms with Crippen molar-refractivity contribution in [3.8, 4) is 0 Å². The van der Waals surface area contributed by atoms with Crippen LogP contribution in [-0.4, -0.2) is 53.4 Å². The van der Waals surface area contributed by atoms with Gasteiger partial charge < -0.3 is 24.8 Å². The second-order valence-corrected chi connectivity index (χ2v) is 11.2. The summed E-state index contributed by atoms with van der Waals surface area (Å²) >= 11 is 0. The van der Waals surface area contributed by atoms with Gasteiger partial charge in [-0.25, -0.2) is 0 Å². The van der Waals surface area contributed by atoms with Gasteiger partial charge >= 0.3 is 17.9 Å². The third-order valence-electron chi connectivity index (χ3n) is 6.97. The fourth-order valence-electron chi connectivity index (χ4n) is 3.67. The van der Waals surface area contributed by atoms with Crippen LogP contribution in [0.25, 0.3) is 0 Å². The molecule has 2 N–H and O–H groups in total. The van der Waals surface area contributed by atoms with Crippen LogP contribution in [-0.2, 0) is 51.3 Å². The van der Waals surface area contributed by atoms with Crippen molar-refractivity contribution in [3.05, 3.63) is 35.4 Å². The number of hydrogen-bond acceptors (Lipinski definition) is 9. The first-order valence-electron chi connectivity index (χ1n) is 13.7. The number of hydrogen-bond donors (Lipinski definition) is 2. The lowest BCUT2D eigenvalue weighted by atomic mass is 9.82. The van der Waals surface area contributed by atoms with Gasteiger partial charge in [-0.3, -0.25) is 24.0 Å². The molecule has 1 amide bonds. The van der Waals surface area contributed by atoms with Crippen molar-refractivity contribution in [2.75, 3.05) is 0 Å². The van der Waals surface area contributed by atoms with Gasteiger partial charge in [0.2, 0.25) is 6.10 Å². The number of amides is 1. The van der Waals surface area contributed by atoms with Crippen molar-refractivity contribution in [3.63, 3.8) is 0 Å². The maximum Gasteiger partial charge on any atom is 0.303 e. The molecule has 40 heavy (non-hydrogen) atoms. The second kappa shape index (κ2) is 15.5. The van der Waals surface area contributed by atoms with Gasteiger partial charge in [0.15, 0.2) is 6.10 Å². The number of carbonyl (C=O) groups is 5. The number of ether oxygens (including phenoxy) is 3. The van der Waals surface area contributed by atoms with E-state index in [4.69, 9.17) is 14.2 Å². The van der Waals surface area contributed by atoms with Gasteiger partial charge in [0.05, 0.1) is 0 Å². The molecule has 10 heteroatoms. The summed E-state index contributed by atoms with van der Waals surface area (Å²) in [5.41, 5.74) is 1.03. The molecule has 0 radical (unpaired) electrons. The molecule has 1 aromatic rings. The molecule has 1 rings (SSSR count). The fraction of sp³-hybridized carbons (Fsp3) is 0.633. The first-order chi connectivity index (χ1) is 18.5. The molecule has 0 aliphatic heterocycles. The Morgan fingerprint density at radius 2 is 1.35 bits per heavy atom. The van der Waals surface area contributed by atoms with Gasteiger partial charge in [-0.2, -0.15) is 0 Å². The number of rotatable bonds is 16. The van der Waals surface area contributed by atoms with Crippen LogP contribution in [0.5, 0.6) is 0 Å². The summed E-state index contributed by atoms with van der Waals surface area (Å²) in [7, 11) is 0. The van der Waals surface area contributed by atoms with Gasteiger partial charge in [-0.15, -0.1) is 0 Å². The lowest BCUT2D eigenvalue weighted by Gasteiger charge is -2.32. The summed E-state index contributed by atoms with van der Waals surface area (Å²) in [6.45, 7) is 15.7. The standard InChI is InChI=1S/C30H46N2O8/c1-10-29(6,7)25(36)16-24(38-19(3)33)26(39-20(4)34)27(40-21(5)35)28(37)31-17-22-13-12-14-23(15-22)18-32-30(8,9)11-2/h12-15,24,26-27,32H,10-11,16-18H2,1-9H3,(H,31,37). The van der Waals surface area contributed by atoms with Crippen molar-refractivity contribution < 1.29 is 38.2 Å². The zero-order chi connectivity index (χ0) is 30.7. The van der Waals surface area contributed by atoms with Gasteiger partial charge in [0.25, 0.3) is 5.91 Å². The molecule has 0 aliphatic carbocycles. The number of ketones is 1. The largest absolute Gasteiger partial charge is 0.458 e. The van der Waals surface area contributed by atoms with E-state index in [1.807, 2.05) is 31.2 Å². The Hall–Kier alpha value is -3.27. The maximum absolute atomic E-state index is 13.4. The minimum Gasteiger partial charge on any atom is -0.458 e. The van der Waals surface area contributed by atoms with E-state index in [2.05, 4.69) is 31.4 Å². The third kappa shape index (κ3) is 11.9. The molecule has 0 saturated heterocycles. The third-order valence-corrected chi connectivity index (χ3v) is 6.97. The zero-order valence-corrected chi connectivity index (χ0v) is 25.3. The molecular weight excluding hydrogens is 516 g/mol. The highest BCUT2D eigenvalue weighted by Gasteiger charge is 2.43. The first kappa shape index (κ1) is 34.8. The molecule has 1 aromatic carbocycles. The van der Waals surface area contributed by atoms with Gasteiger partial charge in [-0.1, -0.05) is 52.0 Å². The van der Waals surface area contributed by atoms with Crippen LogP contribution in [0.15, 0.2) is 24.3 Å². The van der Waals surface area contributed by atoms with Crippen molar-refractivity contribution in [2.45, 2.75) is 119 Å². The normalized spacial score (nSPS) is 13.9. The predicted molar refractivity (Wildman–Crippen MR) is 150 cm³/mol. The van der Waals surface area contributed by atoms with E-state index in [1.54, 1.807) is 13.8 Å². The Morgan fingerprint density at radius 1 is 0.800 bits per heavy atom. The Morgan fingerprint density at radius 3 is 1.85 bits per heavy atom. The summed E-state index contributed by atoms with van der Waals surface area (Å²) < 4.78 is 16.0. The number of Topliss-reactive ketones (excluding diaryl/α,β-unsaturated/α-hetero) is 1. The molecule has 224 valence electrons. The number of carbonyl (C=O) groups excluding carboxylic acids is 5. The Bertz CT molecular complexity index is 1050. The minimum atomic E-state index is -1.67. The summed E-state index contributed by atoms with van der Waals surface area (Å²) in [6.07, 6.45) is -3.44. The van der Waals surface area contributed by atoms with Gasteiger partial charge in [-0.05, 0) is 37.8 Å². The predicted octanol–water partition coefficient (Wildman–Crippen LogP) is 3.77. The van der Waals surface area contributed by atoms with Crippen LogP contribution in [0.3, 0.4) is 0 Å². The average molecular weight is 563 g/mol. The number of benzene rings is 1. The van der Waals surface area contributed by atoms with E-state index in [0.29, 0.717) is 13.0 Å². The molecule has 0 saturated carbocycles. The van der Waals surface area contributed by atoms with Gasteiger partial charge in [0, 0.05) is 51.2 Å². The number of nitrogens with one attached hydrogen (secondary N) is 2.